The highest BCUT2D eigenvalue weighted by Gasteiger charge is 2.27. The zero-order chi connectivity index (χ0) is 18.5. The molecular weight excluding hydrogens is 338 g/mol. The third-order valence-corrected chi connectivity index (χ3v) is 4.76. The third-order valence-electron chi connectivity index (χ3n) is 4.76. The van der Waals surface area contributed by atoms with Crippen LogP contribution in [0.1, 0.15) is 30.2 Å². The second kappa shape index (κ2) is 7.99. The molecule has 0 saturated carbocycles. The minimum Gasteiger partial charge on any atom is -0.420 e. The number of hydrogen-bond donors (Lipinski definition) is 0. The smallest absolute Gasteiger partial charge is 0.247 e. The number of carbonyl (C=O) groups excluding carboxylic acids is 1. The van der Waals surface area contributed by atoms with Crippen molar-refractivity contribution in [3.63, 3.8) is 0 Å². The lowest BCUT2D eigenvalue weighted by Crippen LogP contribution is -2.38. The van der Waals surface area contributed by atoms with Gasteiger partial charge in [0.2, 0.25) is 17.7 Å². The van der Waals surface area contributed by atoms with Crippen LogP contribution in [-0.2, 0) is 4.79 Å². The van der Waals surface area contributed by atoms with Crippen molar-refractivity contribution in [3.8, 4) is 11.5 Å². The minimum atomic E-state index is 0.0198. The van der Waals surface area contributed by atoms with Gasteiger partial charge in [-0.3, -0.25) is 4.79 Å². The lowest BCUT2D eigenvalue weighted by atomic mass is 9.98. The molecule has 1 aliphatic rings. The molecule has 136 valence electrons. The van der Waals surface area contributed by atoms with Gasteiger partial charge in [-0.2, -0.15) is 0 Å². The quantitative estimate of drug-likeness (QED) is 0.657. The van der Waals surface area contributed by atoms with Gasteiger partial charge in [0.1, 0.15) is 0 Å². The molecule has 0 aliphatic carbocycles. The summed E-state index contributed by atoms with van der Waals surface area (Å²) < 4.78 is 5.89. The van der Waals surface area contributed by atoms with E-state index in [1.807, 2.05) is 71.6 Å². The Kier molecular flexibility index (Phi) is 5.10. The Labute approximate surface area is 158 Å². The first-order valence-electron chi connectivity index (χ1n) is 9.20. The monoisotopic (exact) mass is 359 g/mol. The maximum absolute atomic E-state index is 12.5. The molecular formula is C22H21N3O2. The molecule has 0 radical (unpaired) electrons. The molecule has 1 aliphatic heterocycles. The fraction of sp³-hybridized carbons (Fsp3) is 0.227. The number of likely N-dealkylation sites (tertiary alicyclic amines) is 1. The second-order valence-corrected chi connectivity index (χ2v) is 6.68. The summed E-state index contributed by atoms with van der Waals surface area (Å²) >= 11 is 0. The van der Waals surface area contributed by atoms with Crippen LogP contribution in [0.3, 0.4) is 0 Å². The van der Waals surface area contributed by atoms with Crippen molar-refractivity contribution < 1.29 is 9.21 Å². The first kappa shape index (κ1) is 17.2. The maximum atomic E-state index is 12.5. The summed E-state index contributed by atoms with van der Waals surface area (Å²) in [5.41, 5.74) is 1.93. The van der Waals surface area contributed by atoms with E-state index >= 15 is 0 Å². The van der Waals surface area contributed by atoms with E-state index in [9.17, 15) is 4.79 Å². The van der Waals surface area contributed by atoms with Gasteiger partial charge in [0.15, 0.2) is 0 Å². The van der Waals surface area contributed by atoms with Gasteiger partial charge >= 0.3 is 0 Å². The highest BCUT2D eigenvalue weighted by Crippen LogP contribution is 2.28. The van der Waals surface area contributed by atoms with Crippen molar-refractivity contribution in [1.82, 2.24) is 15.1 Å². The summed E-state index contributed by atoms with van der Waals surface area (Å²) in [5, 5.41) is 8.40. The van der Waals surface area contributed by atoms with Crippen LogP contribution in [0, 0.1) is 0 Å². The van der Waals surface area contributed by atoms with Gasteiger partial charge in [-0.25, -0.2) is 0 Å². The molecule has 1 amide bonds. The molecule has 1 aromatic heterocycles. The van der Waals surface area contributed by atoms with Crippen LogP contribution in [0.4, 0.5) is 0 Å². The first-order chi connectivity index (χ1) is 13.3. The zero-order valence-electron chi connectivity index (χ0n) is 15.0. The van der Waals surface area contributed by atoms with E-state index in [-0.39, 0.29) is 11.8 Å². The summed E-state index contributed by atoms with van der Waals surface area (Å²) in [6.45, 7) is 1.36. The molecule has 0 bridgehead atoms. The Hall–Kier alpha value is -3.21. The lowest BCUT2D eigenvalue weighted by molar-refractivity contribution is -0.127. The Bertz CT molecular complexity index is 919. The Balaban J connectivity index is 1.43. The van der Waals surface area contributed by atoms with Gasteiger partial charge in [0.05, 0.1) is 5.92 Å². The van der Waals surface area contributed by atoms with Crippen molar-refractivity contribution in [2.75, 3.05) is 13.1 Å². The SMILES string of the molecule is O=C(/C=C/c1ccccc1)N1CCC[C@@H](c2nnc(-c3ccccc3)o2)C1. The van der Waals surface area contributed by atoms with Crippen molar-refractivity contribution in [3.05, 3.63) is 78.2 Å². The standard InChI is InChI=1S/C22H21N3O2/c26-20(14-13-17-8-3-1-4-9-17)25-15-7-12-19(16-25)22-24-23-21(27-22)18-10-5-2-6-11-18/h1-6,8-11,13-14,19H,7,12,15-16H2/b14-13+/t19-/m1/s1. The van der Waals surface area contributed by atoms with Crippen molar-refractivity contribution in [2.45, 2.75) is 18.8 Å². The van der Waals surface area contributed by atoms with E-state index < -0.39 is 0 Å². The predicted molar refractivity (Wildman–Crippen MR) is 104 cm³/mol. The Morgan fingerprint density at radius 2 is 1.78 bits per heavy atom. The normalized spacial score (nSPS) is 17.3. The van der Waals surface area contributed by atoms with Gasteiger partial charge < -0.3 is 9.32 Å². The van der Waals surface area contributed by atoms with Crippen LogP contribution in [0.5, 0.6) is 0 Å². The van der Waals surface area contributed by atoms with Crippen LogP contribution < -0.4 is 0 Å². The average molecular weight is 359 g/mol. The van der Waals surface area contributed by atoms with Gasteiger partial charge in [-0.1, -0.05) is 48.5 Å². The fourth-order valence-electron chi connectivity index (χ4n) is 3.31. The Morgan fingerprint density at radius 3 is 2.56 bits per heavy atom. The summed E-state index contributed by atoms with van der Waals surface area (Å²) in [6, 6.07) is 19.6. The van der Waals surface area contributed by atoms with Crippen LogP contribution >= 0.6 is 0 Å². The maximum Gasteiger partial charge on any atom is 0.247 e. The van der Waals surface area contributed by atoms with E-state index in [1.54, 1.807) is 6.08 Å². The molecule has 0 N–H and O–H groups in total. The number of carbonyl (C=O) groups is 1. The average Bonchev–Trinajstić information content (AvgIpc) is 3.24. The fourth-order valence-corrected chi connectivity index (χ4v) is 3.31. The van der Waals surface area contributed by atoms with Gasteiger partial charge in [0, 0.05) is 24.7 Å². The number of piperidine rings is 1. The van der Waals surface area contributed by atoms with E-state index in [1.165, 1.54) is 0 Å². The van der Waals surface area contributed by atoms with Crippen molar-refractivity contribution in [1.29, 1.82) is 0 Å². The molecule has 2 aromatic carbocycles. The van der Waals surface area contributed by atoms with E-state index in [4.69, 9.17) is 4.42 Å². The number of aromatic nitrogens is 2. The molecule has 4 rings (SSSR count). The van der Waals surface area contributed by atoms with Gasteiger partial charge in [-0.05, 0) is 36.6 Å². The molecule has 27 heavy (non-hydrogen) atoms. The summed E-state index contributed by atoms with van der Waals surface area (Å²) in [6.07, 6.45) is 5.37. The van der Waals surface area contributed by atoms with Crippen LogP contribution in [0.25, 0.3) is 17.5 Å². The third kappa shape index (κ3) is 4.14. The van der Waals surface area contributed by atoms with Crippen LogP contribution in [-0.4, -0.2) is 34.1 Å². The van der Waals surface area contributed by atoms with E-state index in [0.717, 1.165) is 30.5 Å². The van der Waals surface area contributed by atoms with E-state index in [0.29, 0.717) is 18.3 Å². The topological polar surface area (TPSA) is 59.2 Å². The van der Waals surface area contributed by atoms with Crippen LogP contribution in [0.15, 0.2) is 71.2 Å². The van der Waals surface area contributed by atoms with Crippen molar-refractivity contribution in [2.24, 2.45) is 0 Å². The van der Waals surface area contributed by atoms with Gasteiger partial charge in [-0.15, -0.1) is 10.2 Å². The lowest BCUT2D eigenvalue weighted by Gasteiger charge is -2.30. The van der Waals surface area contributed by atoms with Crippen molar-refractivity contribution >= 4 is 12.0 Å². The molecule has 0 unspecified atom stereocenters. The number of hydrogen-bond acceptors (Lipinski definition) is 4. The number of rotatable bonds is 4. The molecule has 5 heteroatoms. The molecule has 0 spiro atoms. The van der Waals surface area contributed by atoms with Gasteiger partial charge in [0.25, 0.3) is 0 Å². The first-order valence-corrected chi connectivity index (χ1v) is 9.20. The Morgan fingerprint density at radius 1 is 1.04 bits per heavy atom. The number of nitrogens with zero attached hydrogens (tertiary/aromatic N) is 3. The molecule has 1 saturated heterocycles. The molecule has 3 aromatic rings. The zero-order valence-corrected chi connectivity index (χ0v) is 15.0. The molecule has 2 heterocycles. The predicted octanol–water partition coefficient (Wildman–Crippen LogP) is 4.16. The molecule has 1 atom stereocenters. The highest BCUT2D eigenvalue weighted by atomic mass is 16.4. The van der Waals surface area contributed by atoms with E-state index in [2.05, 4.69) is 10.2 Å². The minimum absolute atomic E-state index is 0.0198. The summed E-state index contributed by atoms with van der Waals surface area (Å²) in [7, 11) is 0. The molecule has 1 fully saturated rings. The molecule has 5 nitrogen and oxygen atoms in total. The summed E-state index contributed by atoms with van der Waals surface area (Å²) in [5.74, 6) is 1.24. The highest BCUT2D eigenvalue weighted by molar-refractivity contribution is 5.91. The van der Waals surface area contributed by atoms with Crippen LogP contribution in [0.2, 0.25) is 0 Å². The second-order valence-electron chi connectivity index (χ2n) is 6.68. The summed E-state index contributed by atoms with van der Waals surface area (Å²) in [4.78, 5) is 14.4. The number of benzene rings is 2. The largest absolute Gasteiger partial charge is 0.420 e. The number of amides is 1.